The summed E-state index contributed by atoms with van der Waals surface area (Å²) >= 11 is 0. The number of rotatable bonds is 7. The lowest BCUT2D eigenvalue weighted by molar-refractivity contribution is -0.0516. The molecule has 0 spiro atoms. The van der Waals surface area contributed by atoms with Crippen molar-refractivity contribution in [2.45, 2.75) is 64.8 Å². The molecule has 0 aromatic carbocycles. The van der Waals surface area contributed by atoms with Gasteiger partial charge in [0.15, 0.2) is 0 Å². The second kappa shape index (κ2) is 6.46. The molecule has 1 rings (SSSR count). The fourth-order valence-electron chi connectivity index (χ4n) is 1.81. The Labute approximate surface area is 93.5 Å². The quantitative estimate of drug-likeness (QED) is 0.659. The molecular formula is C12H25NO2. The third-order valence-electron chi connectivity index (χ3n) is 2.55. The third-order valence-corrected chi connectivity index (χ3v) is 2.55. The average Bonchev–Trinajstić information content (AvgIpc) is 2.06. The second-order valence-corrected chi connectivity index (χ2v) is 4.90. The highest BCUT2D eigenvalue weighted by Crippen LogP contribution is 2.23. The van der Waals surface area contributed by atoms with E-state index < -0.39 is 0 Å². The standard InChI is InChI=1S/C12H25NO2/c1-9(2)13-11-7-12(8-11)15-6-5-14-10(3)4/h9-13H,5-8H2,1-4H3/t11-,12+. The Hall–Kier alpha value is -0.120. The normalized spacial score (nSPS) is 26.0. The van der Waals surface area contributed by atoms with Crippen molar-refractivity contribution < 1.29 is 9.47 Å². The highest BCUT2D eigenvalue weighted by atomic mass is 16.5. The van der Waals surface area contributed by atoms with E-state index in [0.717, 1.165) is 26.1 Å². The first kappa shape index (κ1) is 12.9. The van der Waals surface area contributed by atoms with Crippen molar-refractivity contribution in [3.63, 3.8) is 0 Å². The summed E-state index contributed by atoms with van der Waals surface area (Å²) in [5.41, 5.74) is 0. The maximum Gasteiger partial charge on any atom is 0.0704 e. The molecular weight excluding hydrogens is 190 g/mol. The van der Waals surface area contributed by atoms with Crippen molar-refractivity contribution in [1.29, 1.82) is 0 Å². The molecule has 1 N–H and O–H groups in total. The Morgan fingerprint density at radius 3 is 2.33 bits per heavy atom. The van der Waals surface area contributed by atoms with Crippen LogP contribution >= 0.6 is 0 Å². The molecule has 15 heavy (non-hydrogen) atoms. The van der Waals surface area contributed by atoms with Crippen LogP contribution in [-0.4, -0.2) is 37.5 Å². The summed E-state index contributed by atoms with van der Waals surface area (Å²) in [5, 5.41) is 3.51. The first-order valence-electron chi connectivity index (χ1n) is 6.07. The van der Waals surface area contributed by atoms with E-state index >= 15 is 0 Å². The molecule has 1 fully saturated rings. The van der Waals surface area contributed by atoms with Crippen molar-refractivity contribution in [2.24, 2.45) is 0 Å². The van der Waals surface area contributed by atoms with Gasteiger partial charge >= 0.3 is 0 Å². The van der Waals surface area contributed by atoms with Crippen molar-refractivity contribution in [3.05, 3.63) is 0 Å². The minimum Gasteiger partial charge on any atom is -0.376 e. The number of hydrogen-bond acceptors (Lipinski definition) is 3. The largest absolute Gasteiger partial charge is 0.376 e. The van der Waals surface area contributed by atoms with E-state index in [1.54, 1.807) is 0 Å². The Kier molecular flexibility index (Phi) is 5.58. The SMILES string of the molecule is CC(C)N[C@H]1C[C@@H](OCCOC(C)C)C1. The second-order valence-electron chi connectivity index (χ2n) is 4.90. The van der Waals surface area contributed by atoms with Crippen LogP contribution in [0.25, 0.3) is 0 Å². The van der Waals surface area contributed by atoms with Crippen LogP contribution in [-0.2, 0) is 9.47 Å². The maximum atomic E-state index is 5.68. The summed E-state index contributed by atoms with van der Waals surface area (Å²) in [4.78, 5) is 0. The van der Waals surface area contributed by atoms with Crippen LogP contribution in [0.2, 0.25) is 0 Å². The van der Waals surface area contributed by atoms with E-state index in [1.165, 1.54) is 0 Å². The lowest BCUT2D eigenvalue weighted by atomic mass is 9.89. The minimum atomic E-state index is 0.311. The van der Waals surface area contributed by atoms with Gasteiger partial charge in [0.05, 0.1) is 25.4 Å². The smallest absolute Gasteiger partial charge is 0.0704 e. The van der Waals surface area contributed by atoms with E-state index in [1.807, 2.05) is 13.8 Å². The van der Waals surface area contributed by atoms with Gasteiger partial charge in [-0.3, -0.25) is 0 Å². The number of hydrogen-bond donors (Lipinski definition) is 1. The van der Waals surface area contributed by atoms with Crippen molar-refractivity contribution in [3.8, 4) is 0 Å². The van der Waals surface area contributed by atoms with E-state index in [4.69, 9.17) is 9.47 Å². The zero-order valence-electron chi connectivity index (χ0n) is 10.5. The van der Waals surface area contributed by atoms with Gasteiger partial charge in [-0.25, -0.2) is 0 Å². The van der Waals surface area contributed by atoms with E-state index in [-0.39, 0.29) is 0 Å². The lowest BCUT2D eigenvalue weighted by Crippen LogP contribution is -2.48. The third kappa shape index (κ3) is 5.50. The van der Waals surface area contributed by atoms with Gasteiger partial charge in [0.25, 0.3) is 0 Å². The predicted molar refractivity (Wildman–Crippen MR) is 62.1 cm³/mol. The molecule has 1 aliphatic rings. The molecule has 0 aromatic heterocycles. The number of ether oxygens (including phenoxy) is 2. The zero-order chi connectivity index (χ0) is 11.3. The Balaban J connectivity index is 1.90. The summed E-state index contributed by atoms with van der Waals surface area (Å²) in [6.07, 6.45) is 3.07. The molecule has 0 unspecified atom stereocenters. The minimum absolute atomic E-state index is 0.311. The summed E-state index contributed by atoms with van der Waals surface area (Å²) in [6, 6.07) is 1.25. The lowest BCUT2D eigenvalue weighted by Gasteiger charge is -2.37. The monoisotopic (exact) mass is 215 g/mol. The molecule has 0 aliphatic heterocycles. The molecule has 0 aromatic rings. The fraction of sp³-hybridized carbons (Fsp3) is 1.00. The van der Waals surface area contributed by atoms with E-state index in [2.05, 4.69) is 19.2 Å². The van der Waals surface area contributed by atoms with Crippen molar-refractivity contribution in [1.82, 2.24) is 5.32 Å². The van der Waals surface area contributed by atoms with Crippen molar-refractivity contribution in [2.75, 3.05) is 13.2 Å². The molecule has 0 bridgehead atoms. The first-order valence-corrected chi connectivity index (χ1v) is 6.07. The van der Waals surface area contributed by atoms with Gasteiger partial charge in [-0.15, -0.1) is 0 Å². The Morgan fingerprint density at radius 2 is 1.80 bits per heavy atom. The van der Waals surface area contributed by atoms with E-state index in [9.17, 15) is 0 Å². The maximum absolute atomic E-state index is 5.68. The van der Waals surface area contributed by atoms with Crippen LogP contribution in [0.1, 0.15) is 40.5 Å². The molecule has 1 saturated carbocycles. The van der Waals surface area contributed by atoms with Gasteiger partial charge in [0.2, 0.25) is 0 Å². The zero-order valence-corrected chi connectivity index (χ0v) is 10.5. The van der Waals surface area contributed by atoms with Crippen LogP contribution in [0.5, 0.6) is 0 Å². The highest BCUT2D eigenvalue weighted by molar-refractivity contribution is 4.86. The first-order chi connectivity index (χ1) is 7.08. The molecule has 90 valence electrons. The van der Waals surface area contributed by atoms with Crippen molar-refractivity contribution >= 4 is 0 Å². The number of nitrogens with one attached hydrogen (secondary N) is 1. The van der Waals surface area contributed by atoms with Crippen LogP contribution in [0, 0.1) is 0 Å². The summed E-state index contributed by atoms with van der Waals surface area (Å²) in [6.45, 7) is 9.92. The van der Waals surface area contributed by atoms with Gasteiger partial charge in [0.1, 0.15) is 0 Å². The molecule has 3 heteroatoms. The topological polar surface area (TPSA) is 30.5 Å². The summed E-state index contributed by atoms with van der Waals surface area (Å²) in [5.74, 6) is 0. The Bertz CT molecular complexity index is 165. The van der Waals surface area contributed by atoms with Crippen LogP contribution < -0.4 is 5.32 Å². The molecule has 0 atom stereocenters. The highest BCUT2D eigenvalue weighted by Gasteiger charge is 2.29. The van der Waals surface area contributed by atoms with E-state index in [0.29, 0.717) is 24.3 Å². The molecule has 3 nitrogen and oxygen atoms in total. The molecule has 0 radical (unpaired) electrons. The molecule has 0 amide bonds. The molecule has 0 heterocycles. The average molecular weight is 215 g/mol. The Morgan fingerprint density at radius 1 is 1.13 bits per heavy atom. The van der Waals surface area contributed by atoms with Crippen LogP contribution in [0.4, 0.5) is 0 Å². The van der Waals surface area contributed by atoms with Gasteiger partial charge in [-0.05, 0) is 26.7 Å². The summed E-state index contributed by atoms with van der Waals surface area (Å²) in [7, 11) is 0. The van der Waals surface area contributed by atoms with Crippen LogP contribution in [0.3, 0.4) is 0 Å². The van der Waals surface area contributed by atoms with Gasteiger partial charge in [-0.1, -0.05) is 13.8 Å². The van der Waals surface area contributed by atoms with Gasteiger partial charge < -0.3 is 14.8 Å². The van der Waals surface area contributed by atoms with Gasteiger partial charge in [0, 0.05) is 12.1 Å². The predicted octanol–water partition coefficient (Wildman–Crippen LogP) is 1.96. The molecule has 1 aliphatic carbocycles. The summed E-state index contributed by atoms with van der Waals surface area (Å²) < 4.78 is 11.1. The molecule has 0 saturated heterocycles. The fourth-order valence-corrected chi connectivity index (χ4v) is 1.81. The van der Waals surface area contributed by atoms with Crippen LogP contribution in [0.15, 0.2) is 0 Å². The van der Waals surface area contributed by atoms with Gasteiger partial charge in [-0.2, -0.15) is 0 Å².